The second kappa shape index (κ2) is 9.10. The number of hydrogen-bond acceptors (Lipinski definition) is 5. The Bertz CT molecular complexity index is 884. The van der Waals surface area contributed by atoms with Gasteiger partial charge in [0.25, 0.3) is 5.91 Å². The molecule has 27 heavy (non-hydrogen) atoms. The summed E-state index contributed by atoms with van der Waals surface area (Å²) in [6.45, 7) is 0.462. The van der Waals surface area contributed by atoms with Gasteiger partial charge in [0, 0.05) is 36.3 Å². The minimum Gasteiger partial charge on any atom is -0.445 e. The first kappa shape index (κ1) is 18.1. The molecule has 0 atom stereocenters. The Morgan fingerprint density at radius 3 is 2.30 bits per heavy atom. The highest BCUT2D eigenvalue weighted by Crippen LogP contribution is 2.09. The molecule has 136 valence electrons. The number of amides is 2. The third-order valence-corrected chi connectivity index (χ3v) is 3.67. The maximum Gasteiger partial charge on any atom is 0.407 e. The van der Waals surface area contributed by atoms with Crippen LogP contribution >= 0.6 is 0 Å². The summed E-state index contributed by atoms with van der Waals surface area (Å²) in [5.41, 5.74) is 2.81. The van der Waals surface area contributed by atoms with Gasteiger partial charge in [-0.25, -0.2) is 4.79 Å². The van der Waals surface area contributed by atoms with Crippen LogP contribution in [-0.2, 0) is 17.9 Å². The minimum absolute atomic E-state index is 0.160. The number of hydrogen-bond donors (Lipinski definition) is 2. The standard InChI is InChI=1S/C20H18N4O3/c25-19(24-18-4-2-10-22-13-18)17-7-5-15(6-8-17)12-23-20(26)27-14-16-3-1-9-21-11-16/h1-11,13H,12,14H2,(H,23,26)(H,24,25). The van der Waals surface area contributed by atoms with Crippen molar-refractivity contribution in [2.45, 2.75) is 13.2 Å². The zero-order chi connectivity index (χ0) is 18.9. The maximum atomic E-state index is 12.2. The molecular formula is C20H18N4O3. The first-order valence-electron chi connectivity index (χ1n) is 8.30. The van der Waals surface area contributed by atoms with Crippen molar-refractivity contribution in [2.24, 2.45) is 0 Å². The van der Waals surface area contributed by atoms with Crippen LogP contribution in [-0.4, -0.2) is 22.0 Å². The van der Waals surface area contributed by atoms with E-state index in [1.807, 2.05) is 6.07 Å². The molecule has 7 nitrogen and oxygen atoms in total. The van der Waals surface area contributed by atoms with E-state index in [1.165, 1.54) is 0 Å². The van der Waals surface area contributed by atoms with E-state index in [0.717, 1.165) is 11.1 Å². The Labute approximate surface area is 156 Å². The molecule has 2 N–H and O–H groups in total. The van der Waals surface area contributed by atoms with Crippen LogP contribution in [0.5, 0.6) is 0 Å². The number of carbonyl (C=O) groups is 2. The normalized spacial score (nSPS) is 10.1. The topological polar surface area (TPSA) is 93.2 Å². The van der Waals surface area contributed by atoms with Crippen LogP contribution in [0.2, 0.25) is 0 Å². The Kier molecular flexibility index (Phi) is 6.08. The van der Waals surface area contributed by atoms with E-state index in [4.69, 9.17) is 4.74 Å². The van der Waals surface area contributed by atoms with Crippen molar-refractivity contribution in [1.29, 1.82) is 0 Å². The summed E-state index contributed by atoms with van der Waals surface area (Å²) in [6, 6.07) is 14.1. The molecule has 0 fully saturated rings. The monoisotopic (exact) mass is 362 g/mol. The second-order valence-corrected chi connectivity index (χ2v) is 5.68. The zero-order valence-electron chi connectivity index (χ0n) is 14.5. The van der Waals surface area contributed by atoms with Crippen LogP contribution in [0.1, 0.15) is 21.5 Å². The summed E-state index contributed by atoms with van der Waals surface area (Å²) in [7, 11) is 0. The summed E-state index contributed by atoms with van der Waals surface area (Å²) in [5.74, 6) is -0.224. The molecule has 0 saturated heterocycles. The van der Waals surface area contributed by atoms with Crippen molar-refractivity contribution in [3.63, 3.8) is 0 Å². The van der Waals surface area contributed by atoms with Gasteiger partial charge in [-0.2, -0.15) is 0 Å². The number of anilines is 1. The summed E-state index contributed by atoms with van der Waals surface area (Å²) >= 11 is 0. The fraction of sp³-hybridized carbons (Fsp3) is 0.100. The Morgan fingerprint density at radius 1 is 0.889 bits per heavy atom. The molecule has 3 rings (SSSR count). The van der Waals surface area contributed by atoms with Gasteiger partial charge in [0.2, 0.25) is 0 Å². The molecule has 2 aromatic heterocycles. The van der Waals surface area contributed by atoms with Crippen LogP contribution < -0.4 is 10.6 Å². The molecule has 0 spiro atoms. The first-order chi connectivity index (χ1) is 13.2. The number of pyridine rings is 2. The van der Waals surface area contributed by atoms with Gasteiger partial charge >= 0.3 is 6.09 Å². The van der Waals surface area contributed by atoms with Crippen LogP contribution in [0.4, 0.5) is 10.5 Å². The van der Waals surface area contributed by atoms with Crippen molar-refractivity contribution in [3.8, 4) is 0 Å². The molecule has 0 bridgehead atoms. The van der Waals surface area contributed by atoms with Gasteiger partial charge < -0.3 is 15.4 Å². The van der Waals surface area contributed by atoms with Gasteiger partial charge in [-0.1, -0.05) is 18.2 Å². The fourth-order valence-electron chi connectivity index (χ4n) is 2.27. The summed E-state index contributed by atoms with van der Waals surface area (Å²) in [6.07, 6.45) is 6.00. The Morgan fingerprint density at radius 2 is 1.63 bits per heavy atom. The quantitative estimate of drug-likeness (QED) is 0.703. The number of alkyl carbamates (subject to hydrolysis) is 1. The van der Waals surface area contributed by atoms with Gasteiger partial charge in [0.05, 0.1) is 11.9 Å². The van der Waals surface area contributed by atoms with Gasteiger partial charge in [-0.15, -0.1) is 0 Å². The number of nitrogens with zero attached hydrogens (tertiary/aromatic N) is 2. The van der Waals surface area contributed by atoms with E-state index in [-0.39, 0.29) is 12.5 Å². The van der Waals surface area contributed by atoms with Crippen molar-refractivity contribution in [3.05, 3.63) is 90.0 Å². The molecule has 0 radical (unpaired) electrons. The summed E-state index contributed by atoms with van der Waals surface area (Å²) < 4.78 is 5.12. The number of carbonyl (C=O) groups excluding carboxylic acids is 2. The van der Waals surface area contributed by atoms with Crippen molar-refractivity contribution < 1.29 is 14.3 Å². The van der Waals surface area contributed by atoms with Gasteiger partial charge in [-0.3, -0.25) is 14.8 Å². The van der Waals surface area contributed by atoms with E-state index in [0.29, 0.717) is 17.8 Å². The Balaban J connectivity index is 1.46. The highest BCUT2D eigenvalue weighted by molar-refractivity contribution is 6.04. The molecule has 0 aliphatic carbocycles. The molecule has 1 aromatic carbocycles. The van der Waals surface area contributed by atoms with Crippen LogP contribution in [0.15, 0.2) is 73.3 Å². The summed E-state index contributed by atoms with van der Waals surface area (Å²) in [5, 5.41) is 5.43. The number of aromatic nitrogens is 2. The van der Waals surface area contributed by atoms with Crippen LogP contribution in [0.3, 0.4) is 0 Å². The lowest BCUT2D eigenvalue weighted by molar-refractivity contribution is 0.102. The summed E-state index contributed by atoms with van der Waals surface area (Å²) in [4.78, 5) is 31.8. The minimum atomic E-state index is -0.516. The lowest BCUT2D eigenvalue weighted by atomic mass is 10.1. The average molecular weight is 362 g/mol. The first-order valence-corrected chi connectivity index (χ1v) is 8.30. The second-order valence-electron chi connectivity index (χ2n) is 5.68. The van der Waals surface area contributed by atoms with Crippen molar-refractivity contribution in [1.82, 2.24) is 15.3 Å². The third kappa shape index (κ3) is 5.64. The molecule has 0 saturated carbocycles. The lowest BCUT2D eigenvalue weighted by Gasteiger charge is -2.08. The molecule has 0 aliphatic heterocycles. The number of rotatable bonds is 6. The van der Waals surface area contributed by atoms with E-state index in [9.17, 15) is 9.59 Å². The SMILES string of the molecule is O=C(NCc1ccc(C(=O)Nc2cccnc2)cc1)OCc1cccnc1. The van der Waals surface area contributed by atoms with Crippen LogP contribution in [0, 0.1) is 0 Å². The molecule has 0 unspecified atom stereocenters. The number of benzene rings is 1. The van der Waals surface area contributed by atoms with Crippen LogP contribution in [0.25, 0.3) is 0 Å². The van der Waals surface area contributed by atoms with Gasteiger partial charge in [-0.05, 0) is 35.9 Å². The highest BCUT2D eigenvalue weighted by Gasteiger charge is 2.07. The van der Waals surface area contributed by atoms with Crippen molar-refractivity contribution >= 4 is 17.7 Å². The van der Waals surface area contributed by atoms with E-state index < -0.39 is 6.09 Å². The molecule has 3 aromatic rings. The molecule has 0 aliphatic rings. The predicted octanol–water partition coefficient (Wildman–Crippen LogP) is 3.16. The molecular weight excluding hydrogens is 344 g/mol. The molecule has 2 amide bonds. The highest BCUT2D eigenvalue weighted by atomic mass is 16.5. The maximum absolute atomic E-state index is 12.2. The van der Waals surface area contributed by atoms with Gasteiger partial charge in [0.1, 0.15) is 6.61 Å². The van der Waals surface area contributed by atoms with Gasteiger partial charge in [0.15, 0.2) is 0 Å². The van der Waals surface area contributed by atoms with E-state index >= 15 is 0 Å². The zero-order valence-corrected chi connectivity index (χ0v) is 14.5. The smallest absolute Gasteiger partial charge is 0.407 e. The number of ether oxygens (including phenoxy) is 1. The van der Waals surface area contributed by atoms with E-state index in [2.05, 4.69) is 20.6 Å². The lowest BCUT2D eigenvalue weighted by Crippen LogP contribution is -2.23. The molecule has 7 heteroatoms. The fourth-order valence-corrected chi connectivity index (χ4v) is 2.27. The number of nitrogens with one attached hydrogen (secondary N) is 2. The average Bonchev–Trinajstić information content (AvgIpc) is 2.72. The van der Waals surface area contributed by atoms with E-state index in [1.54, 1.807) is 67.3 Å². The Hall–Kier alpha value is -3.74. The predicted molar refractivity (Wildman–Crippen MR) is 99.9 cm³/mol. The largest absolute Gasteiger partial charge is 0.445 e. The molecule has 2 heterocycles. The third-order valence-electron chi connectivity index (χ3n) is 3.67. The van der Waals surface area contributed by atoms with Crippen molar-refractivity contribution in [2.75, 3.05) is 5.32 Å².